The highest BCUT2D eigenvalue weighted by Crippen LogP contribution is 2.36. The Bertz CT molecular complexity index is 1670. The molecule has 0 saturated heterocycles. The second kappa shape index (κ2) is 8.27. The van der Waals surface area contributed by atoms with E-state index >= 15 is 0 Å². The number of anilines is 1. The third kappa shape index (κ3) is 3.29. The Morgan fingerprint density at radius 3 is 2.03 bits per heavy atom. The van der Waals surface area contributed by atoms with Gasteiger partial charge in [0.2, 0.25) is 0 Å². The van der Waals surface area contributed by atoms with Gasteiger partial charge in [0.15, 0.2) is 5.69 Å². The van der Waals surface area contributed by atoms with Crippen molar-refractivity contribution in [1.82, 2.24) is 13.9 Å². The molecular weight excluding hydrogens is 448 g/mol. The van der Waals surface area contributed by atoms with E-state index in [0.717, 1.165) is 5.69 Å². The van der Waals surface area contributed by atoms with Crippen LogP contribution in [0.4, 0.5) is 16.4 Å². The Morgan fingerprint density at radius 2 is 1.38 bits per heavy atom. The van der Waals surface area contributed by atoms with Crippen LogP contribution in [0.1, 0.15) is 11.4 Å². The number of thiophene rings is 1. The van der Waals surface area contributed by atoms with Gasteiger partial charge in [-0.15, -0.1) is 21.6 Å². The van der Waals surface area contributed by atoms with Crippen molar-refractivity contribution in [2.24, 2.45) is 17.3 Å². The first-order valence-corrected chi connectivity index (χ1v) is 11.5. The SMILES string of the molecule is Cc1c(N=Nc2c(C)n(C)n(-c3ccccc3)c2=O)c2csc(N)c2c(=O)n1-c1ccccc1. The number of nitrogen functional groups attached to an aromatic ring is 1. The number of benzene rings is 2. The fourth-order valence-corrected chi connectivity index (χ4v) is 4.91. The van der Waals surface area contributed by atoms with Gasteiger partial charge in [-0.2, -0.15) is 0 Å². The number of fused-ring (bicyclic) bond motifs is 1. The van der Waals surface area contributed by atoms with E-state index in [1.165, 1.54) is 11.3 Å². The van der Waals surface area contributed by atoms with Crippen LogP contribution >= 0.6 is 11.3 Å². The first-order chi connectivity index (χ1) is 16.4. The zero-order valence-electron chi connectivity index (χ0n) is 18.9. The van der Waals surface area contributed by atoms with Crippen LogP contribution in [0, 0.1) is 13.8 Å². The molecule has 8 nitrogen and oxygen atoms in total. The highest BCUT2D eigenvalue weighted by molar-refractivity contribution is 7.15. The third-order valence-corrected chi connectivity index (χ3v) is 6.77. The zero-order chi connectivity index (χ0) is 24.0. The maximum Gasteiger partial charge on any atom is 0.299 e. The van der Waals surface area contributed by atoms with Gasteiger partial charge in [-0.3, -0.25) is 18.8 Å². The maximum atomic E-state index is 13.3. The second-order valence-electron chi connectivity index (χ2n) is 7.91. The predicted molar refractivity (Wildman–Crippen MR) is 136 cm³/mol. The quantitative estimate of drug-likeness (QED) is 0.367. The summed E-state index contributed by atoms with van der Waals surface area (Å²) in [5.74, 6) is 0. The molecule has 5 aromatic rings. The van der Waals surface area contributed by atoms with Gasteiger partial charge in [0.05, 0.1) is 27.5 Å². The van der Waals surface area contributed by atoms with E-state index in [1.54, 1.807) is 21.0 Å². The van der Waals surface area contributed by atoms with Crippen LogP contribution < -0.4 is 16.9 Å². The topological polar surface area (TPSA) is 99.7 Å². The normalized spacial score (nSPS) is 11.6. The lowest BCUT2D eigenvalue weighted by molar-refractivity contribution is 0.630. The lowest BCUT2D eigenvalue weighted by Gasteiger charge is -2.13. The Balaban J connectivity index is 1.73. The van der Waals surface area contributed by atoms with Gasteiger partial charge in [0.1, 0.15) is 5.69 Å². The number of hydrogen-bond acceptors (Lipinski definition) is 6. The molecule has 3 aromatic heterocycles. The van der Waals surface area contributed by atoms with Crippen LogP contribution in [0.2, 0.25) is 0 Å². The van der Waals surface area contributed by atoms with Gasteiger partial charge in [0.25, 0.3) is 11.1 Å². The molecule has 0 bridgehead atoms. The summed E-state index contributed by atoms with van der Waals surface area (Å²) in [5.41, 5.74) is 9.14. The number of nitrogens with zero attached hydrogens (tertiary/aromatic N) is 5. The van der Waals surface area contributed by atoms with Crippen molar-refractivity contribution in [2.75, 3.05) is 5.73 Å². The van der Waals surface area contributed by atoms with Crippen molar-refractivity contribution in [1.29, 1.82) is 0 Å². The van der Waals surface area contributed by atoms with E-state index in [1.807, 2.05) is 79.9 Å². The molecule has 0 atom stereocenters. The highest BCUT2D eigenvalue weighted by Gasteiger charge is 2.20. The molecule has 34 heavy (non-hydrogen) atoms. The molecule has 5 rings (SSSR count). The molecule has 2 N–H and O–H groups in total. The summed E-state index contributed by atoms with van der Waals surface area (Å²) in [6.45, 7) is 3.64. The molecule has 0 aliphatic rings. The summed E-state index contributed by atoms with van der Waals surface area (Å²) in [6, 6.07) is 18.7. The van der Waals surface area contributed by atoms with E-state index < -0.39 is 0 Å². The Hall–Kier alpha value is -4.24. The number of nitrogens with two attached hydrogens (primary N) is 1. The summed E-state index contributed by atoms with van der Waals surface area (Å²) < 4.78 is 4.89. The summed E-state index contributed by atoms with van der Waals surface area (Å²) in [6.07, 6.45) is 0. The lowest BCUT2D eigenvalue weighted by atomic mass is 10.1. The molecule has 170 valence electrons. The van der Waals surface area contributed by atoms with E-state index in [9.17, 15) is 9.59 Å². The van der Waals surface area contributed by atoms with Gasteiger partial charge in [-0.25, -0.2) is 4.68 Å². The van der Waals surface area contributed by atoms with Gasteiger partial charge >= 0.3 is 0 Å². The minimum absolute atomic E-state index is 0.210. The fourth-order valence-electron chi connectivity index (χ4n) is 4.12. The van der Waals surface area contributed by atoms with Gasteiger partial charge in [-0.1, -0.05) is 36.4 Å². The van der Waals surface area contributed by atoms with Gasteiger partial charge in [-0.05, 0) is 38.1 Å². The van der Waals surface area contributed by atoms with E-state index in [4.69, 9.17) is 5.73 Å². The Kier molecular flexibility index (Phi) is 5.25. The molecule has 0 unspecified atom stereocenters. The van der Waals surface area contributed by atoms with Crippen LogP contribution in [0.5, 0.6) is 0 Å². The number of rotatable bonds is 4. The third-order valence-electron chi connectivity index (χ3n) is 5.96. The summed E-state index contributed by atoms with van der Waals surface area (Å²) in [7, 11) is 1.81. The van der Waals surface area contributed by atoms with Crippen molar-refractivity contribution in [3.8, 4) is 11.4 Å². The number of hydrogen-bond donors (Lipinski definition) is 1. The van der Waals surface area contributed by atoms with Crippen LogP contribution in [0.15, 0.2) is 85.9 Å². The molecule has 0 amide bonds. The number of pyridine rings is 1. The maximum absolute atomic E-state index is 13.3. The minimum atomic E-state index is -0.273. The van der Waals surface area contributed by atoms with E-state index in [-0.39, 0.29) is 16.8 Å². The molecular formula is C25H22N6O2S. The van der Waals surface area contributed by atoms with Crippen molar-refractivity contribution < 1.29 is 0 Å². The van der Waals surface area contributed by atoms with Crippen LogP contribution in [0.3, 0.4) is 0 Å². The number of aromatic nitrogens is 3. The number of para-hydroxylation sites is 2. The van der Waals surface area contributed by atoms with Crippen molar-refractivity contribution in [3.05, 3.63) is 98.1 Å². The average molecular weight is 471 g/mol. The minimum Gasteiger partial charge on any atom is -0.390 e. The molecule has 2 aromatic carbocycles. The Labute approximate surface area is 198 Å². The largest absolute Gasteiger partial charge is 0.390 e. The number of azo groups is 1. The lowest BCUT2D eigenvalue weighted by Crippen LogP contribution is -2.21. The monoisotopic (exact) mass is 470 g/mol. The molecule has 0 saturated carbocycles. The fraction of sp³-hybridized carbons (Fsp3) is 0.120. The summed E-state index contributed by atoms with van der Waals surface area (Å²) in [4.78, 5) is 26.6. The molecule has 0 radical (unpaired) electrons. The Morgan fingerprint density at radius 1 is 0.794 bits per heavy atom. The smallest absolute Gasteiger partial charge is 0.299 e. The van der Waals surface area contributed by atoms with Gasteiger partial charge in [0, 0.05) is 23.5 Å². The molecule has 3 heterocycles. The summed E-state index contributed by atoms with van der Waals surface area (Å²) in [5, 5.41) is 12.1. The molecule has 0 spiro atoms. The molecule has 9 heteroatoms. The van der Waals surface area contributed by atoms with Crippen molar-refractivity contribution >= 4 is 38.5 Å². The second-order valence-corrected chi connectivity index (χ2v) is 8.82. The molecule has 0 aliphatic carbocycles. The van der Waals surface area contributed by atoms with Crippen molar-refractivity contribution in [3.63, 3.8) is 0 Å². The zero-order valence-corrected chi connectivity index (χ0v) is 19.7. The van der Waals surface area contributed by atoms with Crippen LogP contribution in [-0.4, -0.2) is 13.9 Å². The van der Waals surface area contributed by atoms with Crippen LogP contribution in [-0.2, 0) is 7.05 Å². The first-order valence-electron chi connectivity index (χ1n) is 10.6. The van der Waals surface area contributed by atoms with Crippen LogP contribution in [0.25, 0.3) is 22.1 Å². The molecule has 0 fully saturated rings. The van der Waals surface area contributed by atoms with E-state index in [2.05, 4.69) is 10.2 Å². The molecule has 0 aliphatic heterocycles. The van der Waals surface area contributed by atoms with Gasteiger partial charge < -0.3 is 5.73 Å². The standard InChI is InChI=1S/C25H22N6O2S/c1-15-22(25(33)31(29(15)3)18-12-8-5-9-13-18)28-27-21-16(2)30(17-10-6-4-7-11-17)24(32)20-19(21)14-34-23(20)26/h4-14H,26H2,1-3H3. The average Bonchev–Trinajstić information content (AvgIpc) is 3.32. The summed E-state index contributed by atoms with van der Waals surface area (Å²) >= 11 is 1.28. The van der Waals surface area contributed by atoms with Crippen molar-refractivity contribution in [2.45, 2.75) is 13.8 Å². The van der Waals surface area contributed by atoms with E-state index in [0.29, 0.717) is 38.5 Å². The first kappa shape index (κ1) is 21.6. The highest BCUT2D eigenvalue weighted by atomic mass is 32.1. The predicted octanol–water partition coefficient (Wildman–Crippen LogP) is 5.16.